The highest BCUT2D eigenvalue weighted by Gasteiger charge is 2.44. The molecule has 108 valence electrons. The van der Waals surface area contributed by atoms with Crippen molar-refractivity contribution in [3.63, 3.8) is 0 Å². The van der Waals surface area contributed by atoms with E-state index in [4.69, 9.17) is 4.74 Å². The number of fused-ring (bicyclic) bond motifs is 1. The molecule has 1 aromatic rings. The summed E-state index contributed by atoms with van der Waals surface area (Å²) in [5, 5.41) is 9.19. The summed E-state index contributed by atoms with van der Waals surface area (Å²) in [4.78, 5) is 11.3. The van der Waals surface area contributed by atoms with Gasteiger partial charge in [-0.05, 0) is 38.5 Å². The number of rotatable bonds is 3. The third kappa shape index (κ3) is 2.40. The van der Waals surface area contributed by atoms with Crippen molar-refractivity contribution in [1.29, 1.82) is 0 Å². The summed E-state index contributed by atoms with van der Waals surface area (Å²) in [5.41, 5.74) is -0.381. The Bertz CT molecular complexity index is 591. The van der Waals surface area contributed by atoms with E-state index in [0.717, 1.165) is 18.1 Å². The Balaban J connectivity index is 2.59. The summed E-state index contributed by atoms with van der Waals surface area (Å²) >= 11 is 0. The van der Waals surface area contributed by atoms with Crippen molar-refractivity contribution in [2.75, 3.05) is 6.67 Å². The number of hydrogen-bond acceptors (Lipinski definition) is 2. The number of hydrogen-bond donors (Lipinski definition) is 1. The number of carboxylic acids is 1. The zero-order valence-electron chi connectivity index (χ0n) is 11.5. The summed E-state index contributed by atoms with van der Waals surface area (Å²) in [5.74, 6) is -0.903. The van der Waals surface area contributed by atoms with Crippen molar-refractivity contribution in [3.05, 3.63) is 34.4 Å². The van der Waals surface area contributed by atoms with Crippen molar-refractivity contribution >= 4 is 12.0 Å². The highest BCUT2D eigenvalue weighted by atomic mass is 19.2. The van der Waals surface area contributed by atoms with Crippen LogP contribution in [0.15, 0.2) is 17.7 Å². The van der Waals surface area contributed by atoms with Gasteiger partial charge in [-0.1, -0.05) is 11.6 Å². The SMILES string of the molecule is Cc1cc(C)c2c(c1)C=C(C(=O)O)C(C(C)(F)CF)O2. The van der Waals surface area contributed by atoms with Gasteiger partial charge >= 0.3 is 5.97 Å². The first-order valence-corrected chi connectivity index (χ1v) is 6.24. The van der Waals surface area contributed by atoms with Crippen molar-refractivity contribution in [2.24, 2.45) is 0 Å². The minimum atomic E-state index is -2.39. The van der Waals surface area contributed by atoms with Gasteiger partial charge in [0.25, 0.3) is 0 Å². The van der Waals surface area contributed by atoms with Crippen LogP contribution in [0.4, 0.5) is 8.78 Å². The molecule has 0 amide bonds. The molecule has 1 N–H and O–H groups in total. The normalized spacial score (nSPS) is 20.4. The number of carbonyl (C=O) groups is 1. The molecular weight excluding hydrogens is 266 g/mol. The highest BCUT2D eigenvalue weighted by molar-refractivity contribution is 5.95. The predicted molar refractivity (Wildman–Crippen MR) is 71.4 cm³/mol. The van der Waals surface area contributed by atoms with E-state index in [0.29, 0.717) is 11.3 Å². The molecule has 1 aromatic carbocycles. The fraction of sp³-hybridized carbons (Fsp3) is 0.400. The van der Waals surface area contributed by atoms with E-state index in [1.165, 1.54) is 6.08 Å². The number of halogens is 2. The van der Waals surface area contributed by atoms with Crippen molar-refractivity contribution < 1.29 is 23.4 Å². The molecule has 2 atom stereocenters. The zero-order valence-corrected chi connectivity index (χ0v) is 11.5. The zero-order chi connectivity index (χ0) is 15.1. The van der Waals surface area contributed by atoms with E-state index in [2.05, 4.69) is 0 Å². The number of alkyl halides is 2. The summed E-state index contributed by atoms with van der Waals surface area (Å²) in [6.45, 7) is 3.34. The molecule has 1 aliphatic rings. The number of carboxylic acid groups (broad SMARTS) is 1. The maximum absolute atomic E-state index is 14.2. The molecule has 20 heavy (non-hydrogen) atoms. The molecule has 0 radical (unpaired) electrons. The Hall–Kier alpha value is -1.91. The van der Waals surface area contributed by atoms with Gasteiger partial charge in [0, 0.05) is 5.56 Å². The Labute approximate surface area is 115 Å². The Morgan fingerprint density at radius 3 is 2.65 bits per heavy atom. The van der Waals surface area contributed by atoms with Gasteiger partial charge in [0.15, 0.2) is 11.8 Å². The molecule has 3 nitrogen and oxygen atoms in total. The lowest BCUT2D eigenvalue weighted by Gasteiger charge is -2.33. The second kappa shape index (κ2) is 4.89. The van der Waals surface area contributed by atoms with Crippen LogP contribution in [0.2, 0.25) is 0 Å². The van der Waals surface area contributed by atoms with E-state index in [9.17, 15) is 18.7 Å². The molecule has 0 aliphatic carbocycles. The average molecular weight is 282 g/mol. The van der Waals surface area contributed by atoms with Gasteiger partial charge in [-0.15, -0.1) is 0 Å². The van der Waals surface area contributed by atoms with E-state index < -0.39 is 24.4 Å². The quantitative estimate of drug-likeness (QED) is 0.925. The largest absolute Gasteiger partial charge is 0.481 e. The van der Waals surface area contributed by atoms with Crippen LogP contribution in [0, 0.1) is 13.8 Å². The van der Waals surface area contributed by atoms with Crippen LogP contribution in [0.5, 0.6) is 5.75 Å². The van der Waals surface area contributed by atoms with Gasteiger partial charge in [0.1, 0.15) is 12.4 Å². The van der Waals surface area contributed by atoms with E-state index >= 15 is 0 Å². The van der Waals surface area contributed by atoms with Gasteiger partial charge in [0.2, 0.25) is 0 Å². The molecule has 0 saturated carbocycles. The molecule has 0 spiro atoms. The smallest absolute Gasteiger partial charge is 0.335 e. The van der Waals surface area contributed by atoms with Crippen LogP contribution in [-0.4, -0.2) is 29.5 Å². The molecule has 2 rings (SSSR count). The molecule has 5 heteroatoms. The molecule has 0 fully saturated rings. The topological polar surface area (TPSA) is 46.5 Å². The molecule has 1 heterocycles. The second-order valence-corrected chi connectivity index (χ2v) is 5.31. The first-order chi connectivity index (χ1) is 9.26. The first kappa shape index (κ1) is 14.5. The van der Waals surface area contributed by atoms with Gasteiger partial charge in [-0.2, -0.15) is 0 Å². The number of aliphatic carboxylic acids is 1. The van der Waals surface area contributed by atoms with Crippen molar-refractivity contribution in [1.82, 2.24) is 0 Å². The van der Waals surface area contributed by atoms with Gasteiger partial charge in [0.05, 0.1) is 5.57 Å². The lowest BCUT2D eigenvalue weighted by molar-refractivity contribution is -0.134. The number of ether oxygens (including phenoxy) is 1. The second-order valence-electron chi connectivity index (χ2n) is 5.31. The summed E-state index contributed by atoms with van der Waals surface area (Å²) in [6.07, 6.45) is -0.0989. The minimum absolute atomic E-state index is 0.273. The molecule has 0 saturated heterocycles. The Morgan fingerprint density at radius 1 is 1.45 bits per heavy atom. The number of aryl methyl sites for hydroxylation is 2. The fourth-order valence-corrected chi connectivity index (χ4v) is 2.37. The van der Waals surface area contributed by atoms with Crippen LogP contribution in [0.1, 0.15) is 23.6 Å². The lowest BCUT2D eigenvalue weighted by Crippen LogP contribution is -2.45. The summed E-state index contributed by atoms with van der Waals surface area (Å²) < 4.78 is 32.6. The predicted octanol–water partition coefficient (Wildman–Crippen LogP) is 3.23. The van der Waals surface area contributed by atoms with E-state index in [1.54, 1.807) is 13.0 Å². The molecule has 0 bridgehead atoms. The average Bonchev–Trinajstić information content (AvgIpc) is 2.37. The summed E-state index contributed by atoms with van der Waals surface area (Å²) in [7, 11) is 0. The molecule has 1 aliphatic heterocycles. The Kier molecular flexibility index (Phi) is 3.54. The standard InChI is InChI=1S/C15H16F2O3/c1-8-4-9(2)12-10(5-8)6-11(14(18)19)13(20-12)15(3,17)7-16/h4-6,13H,7H2,1-3H3,(H,18,19). The monoisotopic (exact) mass is 282 g/mol. The third-order valence-electron chi connectivity index (χ3n) is 3.33. The highest BCUT2D eigenvalue weighted by Crippen LogP contribution is 2.38. The number of benzene rings is 1. The maximum Gasteiger partial charge on any atom is 0.335 e. The van der Waals surface area contributed by atoms with Crippen molar-refractivity contribution in [3.8, 4) is 5.75 Å². The lowest BCUT2D eigenvalue weighted by atomic mass is 9.90. The third-order valence-corrected chi connectivity index (χ3v) is 3.33. The molecule has 0 aromatic heterocycles. The van der Waals surface area contributed by atoms with Crippen LogP contribution >= 0.6 is 0 Å². The van der Waals surface area contributed by atoms with Crippen LogP contribution in [0.3, 0.4) is 0 Å². The minimum Gasteiger partial charge on any atom is -0.481 e. The maximum atomic E-state index is 14.2. The summed E-state index contributed by atoms with van der Waals surface area (Å²) in [6, 6.07) is 3.60. The van der Waals surface area contributed by atoms with E-state index in [1.807, 2.05) is 13.0 Å². The van der Waals surface area contributed by atoms with Crippen LogP contribution in [-0.2, 0) is 4.79 Å². The van der Waals surface area contributed by atoms with Crippen molar-refractivity contribution in [2.45, 2.75) is 32.5 Å². The van der Waals surface area contributed by atoms with Gasteiger partial charge in [-0.25, -0.2) is 13.6 Å². The van der Waals surface area contributed by atoms with Gasteiger partial charge in [-0.3, -0.25) is 0 Å². The first-order valence-electron chi connectivity index (χ1n) is 6.24. The van der Waals surface area contributed by atoms with Crippen LogP contribution in [0.25, 0.3) is 6.08 Å². The molecule has 2 unspecified atom stereocenters. The van der Waals surface area contributed by atoms with Crippen LogP contribution < -0.4 is 4.74 Å². The Morgan fingerprint density at radius 2 is 2.10 bits per heavy atom. The fourth-order valence-electron chi connectivity index (χ4n) is 2.37. The molecular formula is C15H16F2O3. The van der Waals surface area contributed by atoms with E-state index in [-0.39, 0.29) is 5.57 Å². The van der Waals surface area contributed by atoms with Gasteiger partial charge < -0.3 is 9.84 Å².